The molecule has 2 atom stereocenters. The van der Waals surface area contributed by atoms with Crippen LogP contribution in [0.5, 0.6) is 0 Å². The fraction of sp³-hybridized carbons (Fsp3) is 0.600. The number of nitrogens with zero attached hydrogens (tertiary/aromatic N) is 2. The number of carbonyl (C=O) groups is 1. The molecule has 2 heterocycles. The van der Waals surface area contributed by atoms with E-state index < -0.39 is 19.5 Å². The molecule has 0 N–H and O–H groups in total. The molecule has 6 nitrogen and oxygen atoms in total. The Kier molecular flexibility index (Phi) is 8.87. The van der Waals surface area contributed by atoms with Gasteiger partial charge in [0.1, 0.15) is 12.9 Å². The van der Waals surface area contributed by atoms with E-state index in [-0.39, 0.29) is 36.4 Å². The van der Waals surface area contributed by atoms with Crippen LogP contribution >= 0.6 is 0 Å². The summed E-state index contributed by atoms with van der Waals surface area (Å²) in [6.45, 7) is 13.2. The molecule has 1 aliphatic heterocycles. The molecule has 0 saturated carbocycles. The minimum atomic E-state index is -0.587. The van der Waals surface area contributed by atoms with Gasteiger partial charge in [0.05, 0.1) is 0 Å². The number of ether oxygens (including phenoxy) is 1. The third-order valence-electron chi connectivity index (χ3n) is 5.49. The fourth-order valence-electron chi connectivity index (χ4n) is 3.85. The summed E-state index contributed by atoms with van der Waals surface area (Å²) in [5.74, 6) is 0.279. The van der Waals surface area contributed by atoms with E-state index in [9.17, 15) is 4.79 Å². The van der Waals surface area contributed by atoms with Crippen molar-refractivity contribution in [2.45, 2.75) is 52.1 Å². The fourth-order valence-corrected chi connectivity index (χ4v) is 5.70. The molecule has 1 saturated heterocycles. The van der Waals surface area contributed by atoms with Crippen molar-refractivity contribution in [1.29, 1.82) is 0 Å². The molecule has 1 aliphatic rings. The van der Waals surface area contributed by atoms with Crippen LogP contribution in [-0.2, 0) is 20.0 Å². The molecule has 0 radical (unpaired) electrons. The number of likely N-dealkylation sites (tertiary alicyclic amines) is 1. The van der Waals surface area contributed by atoms with Crippen molar-refractivity contribution in [3.8, 4) is 0 Å². The van der Waals surface area contributed by atoms with Gasteiger partial charge in [0.25, 0.3) is 0 Å². The van der Waals surface area contributed by atoms with Crippen molar-refractivity contribution >= 4 is 25.6 Å². The first-order valence-electron chi connectivity index (χ1n) is 10.1. The zero-order valence-electron chi connectivity index (χ0n) is 17.6. The molecule has 1 amide bonds. The standard InChI is InChI=1S/C20H34N2O4Si2/c1-6-11-24-19(23)22-14-16(20(2,3)18(25-27-4)26-28-5)13-17(22)12-15-7-9-21-10-8-15/h6-10,16-18H,1,11-14,27-28H2,2-5H3/t16-,17-/m0/s1. The minimum absolute atomic E-state index is 0.0855. The lowest BCUT2D eigenvalue weighted by molar-refractivity contribution is -0.102. The van der Waals surface area contributed by atoms with Crippen LogP contribution in [0.25, 0.3) is 0 Å². The molecule has 0 aromatic carbocycles. The van der Waals surface area contributed by atoms with Crippen molar-refractivity contribution in [2.24, 2.45) is 11.3 Å². The number of hydrogen-bond donors (Lipinski definition) is 0. The Labute approximate surface area is 173 Å². The van der Waals surface area contributed by atoms with E-state index in [0.717, 1.165) is 12.8 Å². The van der Waals surface area contributed by atoms with Crippen molar-refractivity contribution in [3.05, 3.63) is 42.7 Å². The van der Waals surface area contributed by atoms with Crippen molar-refractivity contribution in [3.63, 3.8) is 0 Å². The molecule has 1 aromatic heterocycles. The van der Waals surface area contributed by atoms with Gasteiger partial charge >= 0.3 is 6.09 Å². The van der Waals surface area contributed by atoms with Gasteiger partial charge < -0.3 is 18.5 Å². The summed E-state index contributed by atoms with van der Waals surface area (Å²) in [6, 6.07) is 4.10. The molecule has 1 aromatic rings. The highest BCUT2D eigenvalue weighted by molar-refractivity contribution is 6.26. The van der Waals surface area contributed by atoms with E-state index >= 15 is 0 Å². The second-order valence-electron chi connectivity index (χ2n) is 7.73. The number of amides is 1. The van der Waals surface area contributed by atoms with Gasteiger partial charge in [0.2, 0.25) is 0 Å². The first kappa shape index (κ1) is 22.8. The van der Waals surface area contributed by atoms with Gasteiger partial charge in [0.15, 0.2) is 19.5 Å². The van der Waals surface area contributed by atoms with E-state index in [1.54, 1.807) is 18.5 Å². The average Bonchev–Trinajstić information content (AvgIpc) is 3.11. The highest BCUT2D eigenvalue weighted by Crippen LogP contribution is 2.42. The van der Waals surface area contributed by atoms with E-state index in [0.29, 0.717) is 6.54 Å². The Morgan fingerprint density at radius 2 is 2.00 bits per heavy atom. The molecule has 0 bridgehead atoms. The smallest absolute Gasteiger partial charge is 0.410 e. The molecule has 156 valence electrons. The predicted molar refractivity (Wildman–Crippen MR) is 117 cm³/mol. The van der Waals surface area contributed by atoms with Crippen LogP contribution in [0.2, 0.25) is 13.1 Å². The van der Waals surface area contributed by atoms with Gasteiger partial charge in [0, 0.05) is 30.4 Å². The van der Waals surface area contributed by atoms with Crippen LogP contribution < -0.4 is 0 Å². The Morgan fingerprint density at radius 1 is 1.36 bits per heavy atom. The molecule has 28 heavy (non-hydrogen) atoms. The quantitative estimate of drug-likeness (QED) is 0.329. The van der Waals surface area contributed by atoms with Crippen LogP contribution in [-0.4, -0.2) is 61.0 Å². The molecule has 0 unspecified atom stereocenters. The third-order valence-corrected chi connectivity index (χ3v) is 6.76. The van der Waals surface area contributed by atoms with E-state index in [1.807, 2.05) is 17.0 Å². The average molecular weight is 423 g/mol. The third kappa shape index (κ3) is 5.76. The van der Waals surface area contributed by atoms with Crippen molar-refractivity contribution < 1.29 is 18.4 Å². The summed E-state index contributed by atoms with van der Waals surface area (Å²) >= 11 is 0. The van der Waals surface area contributed by atoms with Crippen LogP contribution in [0.4, 0.5) is 4.79 Å². The lowest BCUT2D eigenvalue weighted by Crippen LogP contribution is -2.43. The van der Waals surface area contributed by atoms with Gasteiger partial charge in [-0.25, -0.2) is 4.79 Å². The first-order chi connectivity index (χ1) is 13.4. The molecular formula is C20H34N2O4Si2. The summed E-state index contributed by atoms with van der Waals surface area (Å²) in [6.07, 6.45) is 6.42. The summed E-state index contributed by atoms with van der Waals surface area (Å²) < 4.78 is 17.5. The molecule has 1 fully saturated rings. The minimum Gasteiger partial charge on any atom is -0.445 e. The van der Waals surface area contributed by atoms with Crippen LogP contribution in [0, 0.1) is 11.3 Å². The normalized spacial score (nSPS) is 21.6. The number of pyridine rings is 1. The van der Waals surface area contributed by atoms with E-state index in [2.05, 4.69) is 38.5 Å². The number of hydrogen-bond acceptors (Lipinski definition) is 5. The molecule has 0 aliphatic carbocycles. The highest BCUT2D eigenvalue weighted by Gasteiger charge is 2.46. The summed E-state index contributed by atoms with van der Waals surface area (Å²) in [5.41, 5.74) is 1.00. The number of aromatic nitrogens is 1. The van der Waals surface area contributed by atoms with E-state index in [1.165, 1.54) is 5.56 Å². The zero-order chi connectivity index (χ0) is 20.6. The Bertz CT molecular complexity index is 624. The van der Waals surface area contributed by atoms with Crippen molar-refractivity contribution in [1.82, 2.24) is 9.88 Å². The maximum absolute atomic E-state index is 12.7. The van der Waals surface area contributed by atoms with Gasteiger partial charge in [-0.3, -0.25) is 4.98 Å². The number of rotatable bonds is 10. The highest BCUT2D eigenvalue weighted by atomic mass is 28.2. The summed E-state index contributed by atoms with van der Waals surface area (Å²) in [7, 11) is -1.17. The Balaban J connectivity index is 2.20. The molecular weight excluding hydrogens is 388 g/mol. The van der Waals surface area contributed by atoms with Gasteiger partial charge in [-0.15, -0.1) is 0 Å². The van der Waals surface area contributed by atoms with Crippen LogP contribution in [0.15, 0.2) is 37.2 Å². The Hall–Kier alpha value is -1.49. The largest absolute Gasteiger partial charge is 0.445 e. The van der Waals surface area contributed by atoms with Gasteiger partial charge in [-0.2, -0.15) is 0 Å². The Morgan fingerprint density at radius 3 is 2.57 bits per heavy atom. The second-order valence-corrected chi connectivity index (χ2v) is 9.55. The molecule has 2 rings (SSSR count). The predicted octanol–water partition coefficient (Wildman–Crippen LogP) is 2.29. The lowest BCUT2D eigenvalue weighted by atomic mass is 9.76. The maximum Gasteiger partial charge on any atom is 0.410 e. The maximum atomic E-state index is 12.7. The lowest BCUT2D eigenvalue weighted by Gasteiger charge is -2.39. The van der Waals surface area contributed by atoms with Crippen LogP contribution in [0.1, 0.15) is 25.8 Å². The molecule has 0 spiro atoms. The van der Waals surface area contributed by atoms with Crippen molar-refractivity contribution in [2.75, 3.05) is 13.2 Å². The van der Waals surface area contributed by atoms with Gasteiger partial charge in [-0.05, 0) is 36.5 Å². The number of carbonyl (C=O) groups excluding carboxylic acids is 1. The van der Waals surface area contributed by atoms with E-state index in [4.69, 9.17) is 13.6 Å². The first-order valence-corrected chi connectivity index (χ1v) is 14.1. The van der Waals surface area contributed by atoms with Gasteiger partial charge in [-0.1, -0.05) is 39.6 Å². The SMILES string of the molecule is C=CCOC(=O)N1C[C@@H](C(C)(C)C(O[SiH2]C)O[SiH2]C)C[C@@H]1Cc1ccncc1. The topological polar surface area (TPSA) is 60.9 Å². The summed E-state index contributed by atoms with van der Waals surface area (Å²) in [4.78, 5) is 18.7. The second kappa shape index (κ2) is 10.9. The molecule has 8 heteroatoms. The zero-order valence-corrected chi connectivity index (χ0v) is 20.4. The van der Waals surface area contributed by atoms with Crippen LogP contribution in [0.3, 0.4) is 0 Å². The summed E-state index contributed by atoms with van der Waals surface area (Å²) in [5, 5.41) is 0. The monoisotopic (exact) mass is 422 g/mol.